The molecule has 1 aromatic heterocycles. The van der Waals surface area contributed by atoms with Crippen molar-refractivity contribution in [3.05, 3.63) is 59.7 Å². The number of tetrazole rings is 1. The van der Waals surface area contributed by atoms with Crippen molar-refractivity contribution in [2.24, 2.45) is 0 Å². The van der Waals surface area contributed by atoms with E-state index in [9.17, 15) is 9.90 Å². The highest BCUT2D eigenvalue weighted by molar-refractivity contribution is 5.94. The quantitative estimate of drug-likeness (QED) is 0.645. The van der Waals surface area contributed by atoms with Crippen LogP contribution in [-0.2, 0) is 10.3 Å². The molecule has 2 aliphatic rings. The van der Waals surface area contributed by atoms with Crippen molar-refractivity contribution >= 4 is 5.91 Å². The minimum absolute atomic E-state index is 0.00585. The lowest BCUT2D eigenvalue weighted by atomic mass is 9.91. The summed E-state index contributed by atoms with van der Waals surface area (Å²) in [5.74, 6) is 1.33. The van der Waals surface area contributed by atoms with Gasteiger partial charge in [0.2, 0.25) is 5.82 Å². The van der Waals surface area contributed by atoms with Gasteiger partial charge in [-0.3, -0.25) is 4.79 Å². The first-order valence-corrected chi connectivity index (χ1v) is 10.3. The Balaban J connectivity index is 1.14. The number of nitrogens with zero attached hydrogens (tertiary/aromatic N) is 4. The van der Waals surface area contributed by atoms with Gasteiger partial charge in [0, 0.05) is 37.1 Å². The van der Waals surface area contributed by atoms with Crippen LogP contribution in [0.25, 0.3) is 11.4 Å². The summed E-state index contributed by atoms with van der Waals surface area (Å²) in [4.78, 5) is 14.7. The number of aromatic nitrogens is 4. The number of aliphatic hydroxyl groups is 1. The third-order valence-corrected chi connectivity index (χ3v) is 5.84. The molecule has 1 amide bonds. The summed E-state index contributed by atoms with van der Waals surface area (Å²) in [6.07, 6.45) is 1.61. The van der Waals surface area contributed by atoms with E-state index in [-0.39, 0.29) is 12.0 Å². The molecule has 9 nitrogen and oxygen atoms in total. The Hall–Kier alpha value is -3.30. The van der Waals surface area contributed by atoms with Gasteiger partial charge in [-0.25, -0.2) is 0 Å². The van der Waals surface area contributed by atoms with Crippen molar-refractivity contribution < 1.29 is 19.4 Å². The Bertz CT molecular complexity index is 1020. The number of nitrogens with one attached hydrogen (secondary N) is 1. The van der Waals surface area contributed by atoms with Crippen molar-refractivity contribution in [2.75, 3.05) is 26.3 Å². The Kier molecular flexibility index (Phi) is 5.13. The molecule has 0 spiro atoms. The average molecular weight is 421 g/mol. The van der Waals surface area contributed by atoms with E-state index in [0.29, 0.717) is 37.7 Å². The van der Waals surface area contributed by atoms with Crippen LogP contribution in [0.3, 0.4) is 0 Å². The van der Waals surface area contributed by atoms with Crippen molar-refractivity contribution in [1.29, 1.82) is 0 Å². The molecular weight excluding hydrogens is 398 g/mol. The topological polar surface area (TPSA) is 113 Å². The Morgan fingerprint density at radius 3 is 2.39 bits per heavy atom. The molecule has 0 saturated carbocycles. The average Bonchev–Trinajstić information content (AvgIpc) is 3.33. The smallest absolute Gasteiger partial charge is 0.253 e. The first-order chi connectivity index (χ1) is 15.1. The SMILES string of the molecule is O=C(c1ccc(C2(O)COC2)cc1)N1CCC(Oc2ccc(-c3nn[nH]n3)cc2)CC1. The van der Waals surface area contributed by atoms with Crippen LogP contribution >= 0.6 is 0 Å². The number of H-pyrrole nitrogens is 1. The lowest BCUT2D eigenvalue weighted by Crippen LogP contribution is -2.46. The standard InChI is InChI=1S/C22H23N5O4/c28-21(16-1-5-17(6-2-16)22(29)13-30-14-22)27-11-9-19(10-12-27)31-18-7-3-15(4-8-18)20-23-25-26-24-20/h1-8,19,29H,9-14H2,(H,23,24,25,26). The lowest BCUT2D eigenvalue weighted by Gasteiger charge is -2.37. The third kappa shape index (κ3) is 4.01. The van der Waals surface area contributed by atoms with Crippen molar-refractivity contribution in [1.82, 2.24) is 25.5 Å². The maximum Gasteiger partial charge on any atom is 0.253 e. The van der Waals surface area contributed by atoms with Crippen LogP contribution in [0.1, 0.15) is 28.8 Å². The van der Waals surface area contributed by atoms with Gasteiger partial charge in [0.25, 0.3) is 5.91 Å². The first kappa shape index (κ1) is 19.7. The molecule has 160 valence electrons. The summed E-state index contributed by atoms with van der Waals surface area (Å²) < 4.78 is 11.2. The number of carbonyl (C=O) groups is 1. The normalized spacial score (nSPS) is 18.4. The second-order valence-corrected chi connectivity index (χ2v) is 7.97. The summed E-state index contributed by atoms with van der Waals surface area (Å²) in [7, 11) is 0. The number of rotatable bonds is 5. The van der Waals surface area contributed by atoms with E-state index >= 15 is 0 Å². The largest absolute Gasteiger partial charge is 0.490 e. The first-order valence-electron chi connectivity index (χ1n) is 10.3. The van der Waals surface area contributed by atoms with Gasteiger partial charge in [-0.05, 0) is 47.2 Å². The monoisotopic (exact) mass is 421 g/mol. The van der Waals surface area contributed by atoms with Crippen LogP contribution in [0.15, 0.2) is 48.5 Å². The molecule has 31 heavy (non-hydrogen) atoms. The fourth-order valence-corrected chi connectivity index (χ4v) is 3.90. The molecule has 0 bridgehead atoms. The molecule has 2 aromatic carbocycles. The highest BCUT2D eigenvalue weighted by Gasteiger charge is 2.38. The number of carbonyl (C=O) groups excluding carboxylic acids is 1. The van der Waals surface area contributed by atoms with Crippen LogP contribution in [0.4, 0.5) is 0 Å². The maximum atomic E-state index is 12.8. The second-order valence-electron chi connectivity index (χ2n) is 7.97. The van der Waals surface area contributed by atoms with Gasteiger partial charge < -0.3 is 19.5 Å². The molecular formula is C22H23N5O4. The van der Waals surface area contributed by atoms with Crippen LogP contribution in [0.2, 0.25) is 0 Å². The zero-order valence-corrected chi connectivity index (χ0v) is 16.9. The van der Waals surface area contributed by atoms with Gasteiger partial charge in [-0.2, -0.15) is 5.21 Å². The molecule has 3 aromatic rings. The summed E-state index contributed by atoms with van der Waals surface area (Å²) in [5.41, 5.74) is 1.36. The molecule has 2 N–H and O–H groups in total. The summed E-state index contributed by atoms with van der Waals surface area (Å²) in [5, 5.41) is 24.3. The number of hydrogen-bond donors (Lipinski definition) is 2. The predicted molar refractivity (Wildman–Crippen MR) is 110 cm³/mol. The van der Waals surface area contributed by atoms with Gasteiger partial charge in [-0.15, -0.1) is 10.2 Å². The second kappa shape index (κ2) is 8.09. The molecule has 0 unspecified atom stereocenters. The Morgan fingerprint density at radius 1 is 1.10 bits per heavy atom. The summed E-state index contributed by atoms with van der Waals surface area (Å²) in [6.45, 7) is 1.88. The highest BCUT2D eigenvalue weighted by Crippen LogP contribution is 2.29. The fourth-order valence-electron chi connectivity index (χ4n) is 3.90. The van der Waals surface area contributed by atoms with Crippen LogP contribution < -0.4 is 4.74 Å². The van der Waals surface area contributed by atoms with E-state index in [1.54, 1.807) is 12.1 Å². The van der Waals surface area contributed by atoms with Crippen LogP contribution in [0, 0.1) is 0 Å². The van der Waals surface area contributed by atoms with Crippen LogP contribution in [0.5, 0.6) is 5.75 Å². The number of benzene rings is 2. The molecule has 0 radical (unpaired) electrons. The van der Waals surface area contributed by atoms with Gasteiger partial charge >= 0.3 is 0 Å². The number of likely N-dealkylation sites (tertiary alicyclic amines) is 1. The maximum absolute atomic E-state index is 12.8. The minimum atomic E-state index is -0.916. The molecule has 2 aliphatic heterocycles. The van der Waals surface area contributed by atoms with Crippen molar-refractivity contribution in [3.63, 3.8) is 0 Å². The molecule has 9 heteroatoms. The molecule has 5 rings (SSSR count). The minimum Gasteiger partial charge on any atom is -0.490 e. The highest BCUT2D eigenvalue weighted by atomic mass is 16.5. The number of aromatic amines is 1. The number of ether oxygens (including phenoxy) is 2. The van der Waals surface area contributed by atoms with E-state index < -0.39 is 5.60 Å². The molecule has 3 heterocycles. The van der Waals surface area contributed by atoms with Crippen LogP contribution in [-0.4, -0.2) is 68.9 Å². The molecule has 0 atom stereocenters. The van der Waals surface area contributed by atoms with Crippen molar-refractivity contribution in [2.45, 2.75) is 24.5 Å². The number of piperidine rings is 1. The predicted octanol–water partition coefficient (Wildman–Crippen LogP) is 1.77. The zero-order chi connectivity index (χ0) is 21.3. The summed E-state index contributed by atoms with van der Waals surface area (Å²) in [6, 6.07) is 14.8. The molecule has 0 aliphatic carbocycles. The fraction of sp³-hybridized carbons (Fsp3) is 0.364. The van der Waals surface area contributed by atoms with E-state index in [1.165, 1.54) is 0 Å². The van der Waals surface area contributed by atoms with Gasteiger partial charge in [-0.1, -0.05) is 12.1 Å². The lowest BCUT2D eigenvalue weighted by molar-refractivity contribution is -0.184. The summed E-state index contributed by atoms with van der Waals surface area (Å²) >= 11 is 0. The number of amides is 1. The van der Waals surface area contributed by atoms with Gasteiger partial charge in [0.05, 0.1) is 13.2 Å². The van der Waals surface area contributed by atoms with Crippen molar-refractivity contribution in [3.8, 4) is 17.1 Å². The number of hydrogen-bond acceptors (Lipinski definition) is 7. The van der Waals surface area contributed by atoms with E-state index in [1.807, 2.05) is 41.3 Å². The Morgan fingerprint density at radius 2 is 1.81 bits per heavy atom. The van der Waals surface area contributed by atoms with E-state index in [2.05, 4.69) is 20.6 Å². The molecule has 2 fully saturated rings. The zero-order valence-electron chi connectivity index (χ0n) is 16.9. The van der Waals surface area contributed by atoms with Gasteiger partial charge in [0.1, 0.15) is 17.5 Å². The van der Waals surface area contributed by atoms with Gasteiger partial charge in [0.15, 0.2) is 0 Å². The third-order valence-electron chi connectivity index (χ3n) is 5.84. The van der Waals surface area contributed by atoms with E-state index in [0.717, 1.165) is 29.7 Å². The van der Waals surface area contributed by atoms with E-state index in [4.69, 9.17) is 9.47 Å². The Labute approximate surface area is 179 Å². The molecule has 2 saturated heterocycles.